The molecule has 0 radical (unpaired) electrons. The molecule has 2 aromatic carbocycles. The molecule has 1 fully saturated rings. The van der Waals surface area contributed by atoms with E-state index in [2.05, 4.69) is 39.5 Å². The summed E-state index contributed by atoms with van der Waals surface area (Å²) in [5.41, 5.74) is 2.77. The Morgan fingerprint density at radius 2 is 2.00 bits per heavy atom. The minimum absolute atomic E-state index is 0.0948. The second kappa shape index (κ2) is 8.54. The standard InChI is InChI=1S/C22H23N3O2S/c1-27-19-9-7-17(8-10-19)22-24-20(15-28-22)21(26)23-18-11-12-25(14-18)13-16-5-3-2-4-6-16/h2-10,15,18H,11-14H2,1H3,(H,23,26)/t18-/m0/s1. The van der Waals surface area contributed by atoms with Gasteiger partial charge in [-0.1, -0.05) is 30.3 Å². The van der Waals surface area contributed by atoms with Gasteiger partial charge in [-0.3, -0.25) is 9.69 Å². The highest BCUT2D eigenvalue weighted by atomic mass is 32.1. The van der Waals surface area contributed by atoms with Gasteiger partial charge in [0.15, 0.2) is 0 Å². The molecule has 3 aromatic rings. The number of carbonyl (C=O) groups is 1. The molecule has 5 nitrogen and oxygen atoms in total. The lowest BCUT2D eigenvalue weighted by Crippen LogP contribution is -2.37. The predicted octanol–water partition coefficient (Wildman–Crippen LogP) is 3.82. The van der Waals surface area contributed by atoms with Crippen LogP contribution in [0, 0.1) is 0 Å². The number of hydrogen-bond donors (Lipinski definition) is 1. The first-order valence-electron chi connectivity index (χ1n) is 9.38. The van der Waals surface area contributed by atoms with Crippen LogP contribution in [-0.4, -0.2) is 42.0 Å². The van der Waals surface area contributed by atoms with Crippen molar-refractivity contribution in [2.45, 2.75) is 19.0 Å². The molecule has 0 aliphatic carbocycles. The Labute approximate surface area is 169 Å². The van der Waals surface area contributed by atoms with E-state index in [1.807, 2.05) is 35.7 Å². The molecule has 144 valence electrons. The fourth-order valence-corrected chi connectivity index (χ4v) is 4.25. The van der Waals surface area contributed by atoms with E-state index in [0.29, 0.717) is 5.69 Å². The molecule has 1 amide bonds. The van der Waals surface area contributed by atoms with Crippen molar-refractivity contribution in [3.63, 3.8) is 0 Å². The third kappa shape index (κ3) is 4.40. The quantitative estimate of drug-likeness (QED) is 0.692. The molecule has 1 aliphatic heterocycles. The molecular formula is C22H23N3O2S. The third-order valence-electron chi connectivity index (χ3n) is 4.93. The molecule has 1 saturated heterocycles. The number of ether oxygens (including phenoxy) is 1. The summed E-state index contributed by atoms with van der Waals surface area (Å²) in [4.78, 5) is 19.5. The van der Waals surface area contributed by atoms with Gasteiger partial charge in [0.2, 0.25) is 0 Å². The third-order valence-corrected chi connectivity index (χ3v) is 5.82. The fraction of sp³-hybridized carbons (Fsp3) is 0.273. The number of thiazole rings is 1. The summed E-state index contributed by atoms with van der Waals surface area (Å²) in [5.74, 6) is 0.710. The first-order chi connectivity index (χ1) is 13.7. The lowest BCUT2D eigenvalue weighted by atomic mass is 10.2. The lowest BCUT2D eigenvalue weighted by Gasteiger charge is -2.16. The number of benzene rings is 2. The molecule has 1 aliphatic rings. The van der Waals surface area contributed by atoms with Crippen LogP contribution in [0.2, 0.25) is 0 Å². The Bertz CT molecular complexity index is 924. The Morgan fingerprint density at radius 3 is 2.75 bits per heavy atom. The van der Waals surface area contributed by atoms with Gasteiger partial charge in [0.25, 0.3) is 5.91 Å². The molecule has 0 unspecified atom stereocenters. The van der Waals surface area contributed by atoms with Crippen LogP contribution in [-0.2, 0) is 6.54 Å². The number of rotatable bonds is 6. The maximum absolute atomic E-state index is 12.6. The van der Waals surface area contributed by atoms with Crippen molar-refractivity contribution in [1.29, 1.82) is 0 Å². The highest BCUT2D eigenvalue weighted by Gasteiger charge is 2.25. The topological polar surface area (TPSA) is 54.5 Å². The molecule has 0 saturated carbocycles. The van der Waals surface area contributed by atoms with E-state index in [1.165, 1.54) is 16.9 Å². The molecule has 6 heteroatoms. The number of methoxy groups -OCH3 is 1. The van der Waals surface area contributed by atoms with Gasteiger partial charge >= 0.3 is 0 Å². The molecule has 4 rings (SSSR count). The molecule has 28 heavy (non-hydrogen) atoms. The average molecular weight is 394 g/mol. The average Bonchev–Trinajstić information content (AvgIpc) is 3.39. The molecular weight excluding hydrogens is 370 g/mol. The van der Waals surface area contributed by atoms with Crippen LogP contribution >= 0.6 is 11.3 Å². The maximum atomic E-state index is 12.6. The van der Waals surface area contributed by atoms with Crippen molar-refractivity contribution >= 4 is 17.2 Å². The van der Waals surface area contributed by atoms with Crippen molar-refractivity contribution in [2.75, 3.05) is 20.2 Å². The highest BCUT2D eigenvalue weighted by Crippen LogP contribution is 2.26. The smallest absolute Gasteiger partial charge is 0.271 e. The van der Waals surface area contributed by atoms with Crippen LogP contribution < -0.4 is 10.1 Å². The normalized spacial score (nSPS) is 16.8. The zero-order valence-electron chi connectivity index (χ0n) is 15.8. The first-order valence-corrected chi connectivity index (χ1v) is 10.3. The van der Waals surface area contributed by atoms with Crippen LogP contribution in [0.15, 0.2) is 60.0 Å². The number of nitrogens with one attached hydrogen (secondary N) is 1. The Morgan fingerprint density at radius 1 is 1.21 bits per heavy atom. The summed E-state index contributed by atoms with van der Waals surface area (Å²) >= 11 is 1.48. The maximum Gasteiger partial charge on any atom is 0.271 e. The van der Waals surface area contributed by atoms with E-state index in [4.69, 9.17) is 4.74 Å². The zero-order chi connectivity index (χ0) is 19.3. The molecule has 0 spiro atoms. The van der Waals surface area contributed by atoms with E-state index in [0.717, 1.165) is 42.4 Å². The summed E-state index contributed by atoms with van der Waals surface area (Å²) in [5, 5.41) is 5.80. The van der Waals surface area contributed by atoms with Crippen molar-refractivity contribution < 1.29 is 9.53 Å². The van der Waals surface area contributed by atoms with Gasteiger partial charge in [-0.05, 0) is 36.2 Å². The second-order valence-corrected chi connectivity index (χ2v) is 7.80. The molecule has 2 heterocycles. The van der Waals surface area contributed by atoms with E-state index < -0.39 is 0 Å². The summed E-state index contributed by atoms with van der Waals surface area (Å²) < 4.78 is 5.18. The van der Waals surface area contributed by atoms with Crippen LogP contribution in [0.5, 0.6) is 5.75 Å². The van der Waals surface area contributed by atoms with E-state index in [1.54, 1.807) is 7.11 Å². The van der Waals surface area contributed by atoms with Gasteiger partial charge in [-0.15, -0.1) is 11.3 Å². The van der Waals surface area contributed by atoms with Gasteiger partial charge in [-0.2, -0.15) is 0 Å². The number of hydrogen-bond acceptors (Lipinski definition) is 5. The number of carbonyl (C=O) groups excluding carboxylic acids is 1. The van der Waals surface area contributed by atoms with Crippen LogP contribution in [0.25, 0.3) is 10.6 Å². The van der Waals surface area contributed by atoms with E-state index in [9.17, 15) is 4.79 Å². The SMILES string of the molecule is COc1ccc(-c2nc(C(=O)N[C@H]3CCN(Cc4ccccc4)C3)cs2)cc1. The summed E-state index contributed by atoms with van der Waals surface area (Å²) in [7, 11) is 1.64. The molecule has 1 atom stereocenters. The zero-order valence-corrected chi connectivity index (χ0v) is 16.6. The summed E-state index contributed by atoms with van der Waals surface area (Å²) in [6.07, 6.45) is 0.966. The lowest BCUT2D eigenvalue weighted by molar-refractivity contribution is 0.0933. The Hall–Kier alpha value is -2.70. The van der Waals surface area contributed by atoms with Crippen molar-refractivity contribution in [3.05, 3.63) is 71.2 Å². The second-order valence-electron chi connectivity index (χ2n) is 6.95. The monoisotopic (exact) mass is 393 g/mol. The van der Waals surface area contributed by atoms with Crippen molar-refractivity contribution in [2.24, 2.45) is 0 Å². The number of aromatic nitrogens is 1. The Balaban J connectivity index is 1.33. The molecule has 0 bridgehead atoms. The van der Waals surface area contributed by atoms with Gasteiger partial charge in [-0.25, -0.2) is 4.98 Å². The highest BCUT2D eigenvalue weighted by molar-refractivity contribution is 7.13. The number of amides is 1. The molecule has 1 N–H and O–H groups in total. The first kappa shape index (κ1) is 18.7. The predicted molar refractivity (Wildman–Crippen MR) is 112 cm³/mol. The van der Waals surface area contributed by atoms with Crippen LogP contribution in [0.1, 0.15) is 22.5 Å². The van der Waals surface area contributed by atoms with Gasteiger partial charge in [0.1, 0.15) is 16.5 Å². The summed E-state index contributed by atoms with van der Waals surface area (Å²) in [6, 6.07) is 18.3. The van der Waals surface area contributed by atoms with E-state index in [-0.39, 0.29) is 11.9 Å². The largest absolute Gasteiger partial charge is 0.497 e. The van der Waals surface area contributed by atoms with Crippen molar-refractivity contribution in [1.82, 2.24) is 15.2 Å². The fourth-order valence-electron chi connectivity index (χ4n) is 3.44. The Kier molecular flexibility index (Phi) is 5.69. The number of nitrogens with zero attached hydrogens (tertiary/aromatic N) is 2. The summed E-state index contributed by atoms with van der Waals surface area (Å²) in [6.45, 7) is 2.79. The van der Waals surface area contributed by atoms with Crippen LogP contribution in [0.3, 0.4) is 0 Å². The number of likely N-dealkylation sites (tertiary alicyclic amines) is 1. The van der Waals surface area contributed by atoms with Crippen LogP contribution in [0.4, 0.5) is 0 Å². The van der Waals surface area contributed by atoms with Gasteiger partial charge in [0, 0.05) is 36.6 Å². The minimum Gasteiger partial charge on any atom is -0.497 e. The molecule has 1 aromatic heterocycles. The minimum atomic E-state index is -0.0948. The van der Waals surface area contributed by atoms with Gasteiger partial charge < -0.3 is 10.1 Å². The van der Waals surface area contributed by atoms with E-state index >= 15 is 0 Å². The van der Waals surface area contributed by atoms with Gasteiger partial charge in [0.05, 0.1) is 7.11 Å². The van der Waals surface area contributed by atoms with Crippen molar-refractivity contribution in [3.8, 4) is 16.3 Å².